The van der Waals surface area contributed by atoms with E-state index in [4.69, 9.17) is 9.40 Å². The van der Waals surface area contributed by atoms with E-state index in [0.717, 1.165) is 40.9 Å². The van der Waals surface area contributed by atoms with Gasteiger partial charge in [-0.05, 0) is 32.0 Å². The maximum absolute atomic E-state index is 13.2. The Balaban J connectivity index is 1.27. The van der Waals surface area contributed by atoms with Crippen molar-refractivity contribution in [2.24, 2.45) is 0 Å². The van der Waals surface area contributed by atoms with Crippen molar-refractivity contribution in [2.45, 2.75) is 13.8 Å². The minimum absolute atomic E-state index is 0.0295. The summed E-state index contributed by atoms with van der Waals surface area (Å²) in [6.45, 7) is 6.49. The van der Waals surface area contributed by atoms with E-state index in [9.17, 15) is 4.79 Å². The molecule has 0 spiro atoms. The van der Waals surface area contributed by atoms with Gasteiger partial charge in [0.2, 0.25) is 0 Å². The Morgan fingerprint density at radius 1 is 0.969 bits per heavy atom. The topological polar surface area (TPSA) is 75.4 Å². The monoisotopic (exact) mass is 445 g/mol. The lowest BCUT2D eigenvalue weighted by Crippen LogP contribution is -2.49. The number of piperazine rings is 1. The van der Waals surface area contributed by atoms with E-state index in [1.165, 1.54) is 11.3 Å². The third-order valence-corrected chi connectivity index (χ3v) is 6.67. The second kappa shape index (κ2) is 8.55. The van der Waals surface area contributed by atoms with Gasteiger partial charge in [0, 0.05) is 37.9 Å². The largest absolute Gasteiger partial charge is 0.459 e. The lowest BCUT2D eigenvalue weighted by Gasteiger charge is -2.35. The molecule has 4 aromatic rings. The quantitative estimate of drug-likeness (QED) is 0.462. The van der Waals surface area contributed by atoms with Crippen LogP contribution < -0.4 is 4.90 Å². The van der Waals surface area contributed by atoms with Crippen molar-refractivity contribution in [2.75, 3.05) is 31.1 Å². The number of hydrogen-bond acceptors (Lipinski definition) is 7. The molecule has 5 rings (SSSR count). The average Bonchev–Trinajstić information content (AvgIpc) is 3.45. The van der Waals surface area contributed by atoms with Crippen LogP contribution in [0.3, 0.4) is 0 Å². The molecule has 1 aliphatic rings. The lowest BCUT2D eigenvalue weighted by molar-refractivity contribution is 0.0750. The predicted molar refractivity (Wildman–Crippen MR) is 125 cm³/mol. The first kappa shape index (κ1) is 20.4. The highest BCUT2D eigenvalue weighted by molar-refractivity contribution is 7.17. The van der Waals surface area contributed by atoms with Gasteiger partial charge in [-0.15, -0.1) is 11.3 Å². The number of anilines is 1. The Labute approximate surface area is 190 Å². The summed E-state index contributed by atoms with van der Waals surface area (Å²) in [6, 6.07) is 15.7. The van der Waals surface area contributed by atoms with E-state index < -0.39 is 0 Å². The summed E-state index contributed by atoms with van der Waals surface area (Å²) in [4.78, 5) is 31.7. The van der Waals surface area contributed by atoms with Crippen molar-refractivity contribution in [1.82, 2.24) is 19.9 Å². The van der Waals surface area contributed by atoms with Crippen LogP contribution in [0.5, 0.6) is 0 Å². The first-order valence-corrected chi connectivity index (χ1v) is 11.4. The standard InChI is InChI=1S/C24H23N5O2S/c1-16-8-9-19(31-16)23-26-17(2)21(32-23)24(30)29-14-12-28(13-15-29)20-10-11-25-22(27-20)18-6-4-3-5-7-18/h3-11H,12-15H2,1-2H3. The molecule has 0 radical (unpaired) electrons. The second-order valence-corrected chi connectivity index (χ2v) is 8.73. The maximum atomic E-state index is 13.2. The third-order valence-electron chi connectivity index (χ3n) is 5.51. The van der Waals surface area contributed by atoms with Gasteiger partial charge in [0.05, 0.1) is 5.69 Å². The molecule has 1 amide bonds. The van der Waals surface area contributed by atoms with Crippen molar-refractivity contribution in [3.05, 3.63) is 71.1 Å². The Kier molecular flexibility index (Phi) is 5.45. The number of carbonyl (C=O) groups excluding carboxylic acids is 1. The fraction of sp³-hybridized carbons (Fsp3) is 0.250. The van der Waals surface area contributed by atoms with Crippen molar-refractivity contribution in [1.29, 1.82) is 0 Å². The fourth-order valence-electron chi connectivity index (χ4n) is 3.78. The van der Waals surface area contributed by atoms with Crippen molar-refractivity contribution >= 4 is 23.1 Å². The van der Waals surface area contributed by atoms with Crippen molar-refractivity contribution in [3.63, 3.8) is 0 Å². The molecule has 0 saturated carbocycles. The van der Waals surface area contributed by atoms with Gasteiger partial charge in [0.15, 0.2) is 16.6 Å². The van der Waals surface area contributed by atoms with E-state index in [2.05, 4.69) is 14.9 Å². The van der Waals surface area contributed by atoms with Crippen LogP contribution in [0, 0.1) is 13.8 Å². The highest BCUT2D eigenvalue weighted by Gasteiger charge is 2.26. The zero-order valence-electron chi connectivity index (χ0n) is 18.0. The Hall–Kier alpha value is -3.52. The predicted octanol–water partition coefficient (Wildman–Crippen LogP) is 4.44. The lowest BCUT2D eigenvalue weighted by atomic mass is 10.2. The number of hydrogen-bond donors (Lipinski definition) is 0. The van der Waals surface area contributed by atoms with Crippen LogP contribution >= 0.6 is 11.3 Å². The summed E-state index contributed by atoms with van der Waals surface area (Å²) < 4.78 is 5.67. The number of benzene rings is 1. The van der Waals surface area contributed by atoms with Gasteiger partial charge in [-0.2, -0.15) is 0 Å². The number of thiazole rings is 1. The first-order chi connectivity index (χ1) is 15.6. The number of furan rings is 1. The molecule has 0 unspecified atom stereocenters. The SMILES string of the molecule is Cc1ccc(-c2nc(C)c(C(=O)N3CCN(c4ccnc(-c5ccccc5)n4)CC3)s2)o1. The van der Waals surface area contributed by atoms with Gasteiger partial charge in [-0.25, -0.2) is 15.0 Å². The summed E-state index contributed by atoms with van der Waals surface area (Å²) in [6.07, 6.45) is 1.79. The molecule has 8 heteroatoms. The molecule has 1 aliphatic heterocycles. The van der Waals surface area contributed by atoms with E-state index >= 15 is 0 Å². The van der Waals surface area contributed by atoms with Crippen LogP contribution in [0.2, 0.25) is 0 Å². The minimum Gasteiger partial charge on any atom is -0.459 e. The highest BCUT2D eigenvalue weighted by Crippen LogP contribution is 2.30. The molecule has 1 saturated heterocycles. The number of nitrogens with zero attached hydrogens (tertiary/aromatic N) is 5. The normalized spacial score (nSPS) is 14.1. The highest BCUT2D eigenvalue weighted by atomic mass is 32.1. The van der Waals surface area contributed by atoms with Crippen LogP contribution in [0.1, 0.15) is 21.1 Å². The zero-order valence-corrected chi connectivity index (χ0v) is 18.8. The molecular formula is C24H23N5O2S. The molecule has 0 bridgehead atoms. The van der Waals surface area contributed by atoms with Crippen LogP contribution in [-0.2, 0) is 0 Å². The van der Waals surface area contributed by atoms with Gasteiger partial charge >= 0.3 is 0 Å². The Bertz CT molecular complexity index is 1240. The summed E-state index contributed by atoms with van der Waals surface area (Å²) in [7, 11) is 0. The molecule has 1 fully saturated rings. The third kappa shape index (κ3) is 4.01. The van der Waals surface area contributed by atoms with E-state index in [-0.39, 0.29) is 5.91 Å². The van der Waals surface area contributed by atoms with Gasteiger partial charge in [-0.3, -0.25) is 4.79 Å². The Morgan fingerprint density at radius 3 is 2.47 bits per heavy atom. The minimum atomic E-state index is 0.0295. The van der Waals surface area contributed by atoms with Crippen molar-refractivity contribution in [3.8, 4) is 22.2 Å². The van der Waals surface area contributed by atoms with Gasteiger partial charge in [0.25, 0.3) is 5.91 Å². The molecule has 3 aromatic heterocycles. The number of aromatic nitrogens is 3. The van der Waals surface area contributed by atoms with Crippen LogP contribution in [0.4, 0.5) is 5.82 Å². The van der Waals surface area contributed by atoms with E-state index in [0.29, 0.717) is 29.6 Å². The number of rotatable bonds is 4. The molecule has 4 heterocycles. The van der Waals surface area contributed by atoms with Crippen molar-refractivity contribution < 1.29 is 9.21 Å². The van der Waals surface area contributed by atoms with Crippen LogP contribution in [-0.4, -0.2) is 51.9 Å². The number of carbonyl (C=O) groups is 1. The maximum Gasteiger partial charge on any atom is 0.265 e. The molecule has 32 heavy (non-hydrogen) atoms. The van der Waals surface area contributed by atoms with Crippen LogP contribution in [0.25, 0.3) is 22.2 Å². The summed E-state index contributed by atoms with van der Waals surface area (Å²) in [5.74, 6) is 3.16. The fourth-order valence-corrected chi connectivity index (χ4v) is 4.78. The average molecular weight is 446 g/mol. The molecule has 0 atom stereocenters. The van der Waals surface area contributed by atoms with Crippen LogP contribution in [0.15, 0.2) is 59.1 Å². The number of aryl methyl sites for hydroxylation is 2. The summed E-state index contributed by atoms with van der Waals surface area (Å²) in [5.41, 5.74) is 1.74. The molecule has 0 aliphatic carbocycles. The first-order valence-electron chi connectivity index (χ1n) is 10.6. The Morgan fingerprint density at radius 2 is 1.75 bits per heavy atom. The number of amides is 1. The van der Waals surface area contributed by atoms with Gasteiger partial charge in [-0.1, -0.05) is 30.3 Å². The van der Waals surface area contributed by atoms with E-state index in [1.54, 1.807) is 6.20 Å². The smallest absolute Gasteiger partial charge is 0.265 e. The summed E-state index contributed by atoms with van der Waals surface area (Å²) in [5, 5.41) is 0.743. The molecular weight excluding hydrogens is 422 g/mol. The zero-order chi connectivity index (χ0) is 22.1. The molecule has 7 nitrogen and oxygen atoms in total. The summed E-state index contributed by atoms with van der Waals surface area (Å²) >= 11 is 1.39. The molecule has 0 N–H and O–H groups in total. The van der Waals surface area contributed by atoms with E-state index in [1.807, 2.05) is 67.3 Å². The van der Waals surface area contributed by atoms with Gasteiger partial charge < -0.3 is 14.2 Å². The molecule has 1 aromatic carbocycles. The molecule has 162 valence electrons. The van der Waals surface area contributed by atoms with Gasteiger partial charge in [0.1, 0.15) is 16.5 Å². The second-order valence-electron chi connectivity index (χ2n) is 7.73.